The van der Waals surface area contributed by atoms with E-state index in [-0.39, 0.29) is 31.5 Å². The SMILES string of the molecule is CCOC(=O)CC(c1cc(CO)c2ccn(C(=O)OC(C)(C)C)c2c1)c1cc(C2CC2)c2c(nnn2C)c1C. The van der Waals surface area contributed by atoms with Crippen LogP contribution in [0, 0.1) is 6.92 Å². The van der Waals surface area contributed by atoms with Crippen molar-refractivity contribution in [3.63, 3.8) is 0 Å². The standard InChI is InChI=1S/C30H36N4O5/c1-7-38-26(36)15-23(22-14-24(18-8-9-18)28-27(17(22)2)31-32-33(28)6)19-12-20(16-35)21-10-11-34(25(21)13-19)29(37)39-30(3,4)5/h10-14,18,23,35H,7-9,15-16H2,1-6H3. The fraction of sp³-hybridized carbons (Fsp3) is 0.467. The molecule has 9 heteroatoms. The first-order valence-electron chi connectivity index (χ1n) is 13.5. The third kappa shape index (κ3) is 5.15. The number of esters is 1. The minimum absolute atomic E-state index is 0.105. The van der Waals surface area contributed by atoms with E-state index in [9.17, 15) is 14.7 Å². The highest BCUT2D eigenvalue weighted by molar-refractivity contribution is 5.92. The summed E-state index contributed by atoms with van der Waals surface area (Å²) in [7, 11) is 1.91. The first kappa shape index (κ1) is 26.9. The van der Waals surface area contributed by atoms with E-state index in [2.05, 4.69) is 16.4 Å². The molecule has 206 valence electrons. The average molecular weight is 533 g/mol. The van der Waals surface area contributed by atoms with Crippen LogP contribution in [0.2, 0.25) is 0 Å². The first-order valence-corrected chi connectivity index (χ1v) is 13.5. The van der Waals surface area contributed by atoms with Crippen molar-refractivity contribution in [3.8, 4) is 0 Å². The van der Waals surface area contributed by atoms with Gasteiger partial charge in [0.15, 0.2) is 0 Å². The minimum atomic E-state index is -0.667. The zero-order valence-corrected chi connectivity index (χ0v) is 23.4. The topological polar surface area (TPSA) is 108 Å². The maximum atomic E-state index is 13.1. The van der Waals surface area contributed by atoms with E-state index in [4.69, 9.17) is 9.47 Å². The molecule has 1 fully saturated rings. The summed E-state index contributed by atoms with van der Waals surface area (Å²) < 4.78 is 14.3. The summed E-state index contributed by atoms with van der Waals surface area (Å²) in [6.07, 6.45) is 3.47. The molecule has 1 aliphatic carbocycles. The number of aliphatic hydroxyl groups is 1. The van der Waals surface area contributed by atoms with E-state index >= 15 is 0 Å². The fourth-order valence-corrected chi connectivity index (χ4v) is 5.42. The molecule has 9 nitrogen and oxygen atoms in total. The number of benzene rings is 2. The number of aliphatic hydroxyl groups excluding tert-OH is 1. The molecule has 0 spiro atoms. The Morgan fingerprint density at radius 2 is 1.95 bits per heavy atom. The lowest BCUT2D eigenvalue weighted by molar-refractivity contribution is -0.143. The van der Waals surface area contributed by atoms with Crippen LogP contribution in [0.1, 0.15) is 86.6 Å². The van der Waals surface area contributed by atoms with Gasteiger partial charge >= 0.3 is 12.1 Å². The zero-order valence-electron chi connectivity index (χ0n) is 23.4. The molecule has 1 atom stereocenters. The molecule has 0 amide bonds. The molecule has 4 aromatic rings. The van der Waals surface area contributed by atoms with E-state index in [1.165, 1.54) is 10.1 Å². The molecule has 0 bridgehead atoms. The Kier molecular flexibility index (Phi) is 6.97. The smallest absolute Gasteiger partial charge is 0.418 e. The van der Waals surface area contributed by atoms with Crippen LogP contribution in [0.5, 0.6) is 0 Å². The van der Waals surface area contributed by atoms with Crippen LogP contribution in [0.3, 0.4) is 0 Å². The van der Waals surface area contributed by atoms with Crippen molar-refractivity contribution in [2.45, 2.75) is 77.9 Å². The predicted molar refractivity (Wildman–Crippen MR) is 148 cm³/mol. The van der Waals surface area contributed by atoms with Gasteiger partial charge in [0, 0.05) is 24.5 Å². The van der Waals surface area contributed by atoms with Gasteiger partial charge in [0.1, 0.15) is 11.1 Å². The third-order valence-electron chi connectivity index (χ3n) is 7.35. The van der Waals surface area contributed by atoms with Crippen LogP contribution in [0.4, 0.5) is 4.79 Å². The van der Waals surface area contributed by atoms with Crippen molar-refractivity contribution in [3.05, 3.63) is 58.3 Å². The van der Waals surface area contributed by atoms with Crippen molar-refractivity contribution >= 4 is 34.0 Å². The summed E-state index contributed by atoms with van der Waals surface area (Å²) in [6.45, 7) is 9.32. The molecule has 0 saturated heterocycles. The Morgan fingerprint density at radius 3 is 2.59 bits per heavy atom. The number of hydrogen-bond donors (Lipinski definition) is 1. The number of rotatable bonds is 7. The number of carbonyl (C=O) groups excluding carboxylic acids is 2. The second-order valence-electron chi connectivity index (χ2n) is 11.4. The van der Waals surface area contributed by atoms with Crippen molar-refractivity contribution < 1.29 is 24.2 Å². The van der Waals surface area contributed by atoms with Crippen LogP contribution in [-0.4, -0.2) is 48.9 Å². The molecule has 2 aromatic carbocycles. The quantitative estimate of drug-likeness (QED) is 0.314. The van der Waals surface area contributed by atoms with Crippen LogP contribution in [-0.2, 0) is 27.9 Å². The van der Waals surface area contributed by atoms with Gasteiger partial charge in [-0.05, 0) is 93.3 Å². The molecule has 1 saturated carbocycles. The molecule has 0 aliphatic heterocycles. The van der Waals surface area contributed by atoms with Crippen LogP contribution in [0.15, 0.2) is 30.5 Å². The van der Waals surface area contributed by atoms with Gasteiger partial charge in [0.2, 0.25) is 0 Å². The van der Waals surface area contributed by atoms with Gasteiger partial charge in [0.25, 0.3) is 0 Å². The number of carbonyl (C=O) groups is 2. The second kappa shape index (κ2) is 10.1. The monoisotopic (exact) mass is 532 g/mol. The lowest BCUT2D eigenvalue weighted by Gasteiger charge is -2.23. The molecule has 0 radical (unpaired) electrons. The van der Waals surface area contributed by atoms with Gasteiger partial charge in [-0.3, -0.25) is 9.36 Å². The highest BCUT2D eigenvalue weighted by atomic mass is 16.6. The normalized spacial score (nSPS) is 14.6. The van der Waals surface area contributed by atoms with Crippen molar-refractivity contribution in [1.82, 2.24) is 19.6 Å². The zero-order chi connectivity index (χ0) is 28.1. The Balaban J connectivity index is 1.71. The highest BCUT2D eigenvalue weighted by Gasteiger charge is 2.32. The lowest BCUT2D eigenvalue weighted by Crippen LogP contribution is -2.26. The molecule has 1 N–H and O–H groups in total. The Bertz CT molecular complexity index is 1570. The predicted octanol–water partition coefficient (Wildman–Crippen LogP) is 5.47. The summed E-state index contributed by atoms with van der Waals surface area (Å²) in [5.74, 6) is -0.265. The number of aromatic nitrogens is 4. The molecule has 1 aliphatic rings. The van der Waals surface area contributed by atoms with Crippen molar-refractivity contribution in [2.75, 3.05) is 6.61 Å². The lowest BCUT2D eigenvalue weighted by atomic mass is 9.83. The summed E-state index contributed by atoms with van der Waals surface area (Å²) >= 11 is 0. The van der Waals surface area contributed by atoms with Gasteiger partial charge in [-0.2, -0.15) is 0 Å². The first-order chi connectivity index (χ1) is 18.5. The fourth-order valence-electron chi connectivity index (χ4n) is 5.42. The number of aryl methyl sites for hydroxylation is 2. The highest BCUT2D eigenvalue weighted by Crippen LogP contribution is 2.46. The number of nitrogens with zero attached hydrogens (tertiary/aromatic N) is 4. The van der Waals surface area contributed by atoms with E-state index < -0.39 is 11.7 Å². The van der Waals surface area contributed by atoms with E-state index in [0.717, 1.165) is 46.0 Å². The molecule has 2 aromatic heterocycles. The van der Waals surface area contributed by atoms with Crippen LogP contribution in [0.25, 0.3) is 21.9 Å². The van der Waals surface area contributed by atoms with Crippen LogP contribution >= 0.6 is 0 Å². The maximum absolute atomic E-state index is 13.1. The van der Waals surface area contributed by atoms with Gasteiger partial charge in [0.05, 0.1) is 30.7 Å². The third-order valence-corrected chi connectivity index (χ3v) is 7.35. The van der Waals surface area contributed by atoms with Crippen molar-refractivity contribution in [2.24, 2.45) is 7.05 Å². The largest absolute Gasteiger partial charge is 0.466 e. The average Bonchev–Trinajstić information content (AvgIpc) is 3.50. The summed E-state index contributed by atoms with van der Waals surface area (Å²) in [6, 6.07) is 7.83. The van der Waals surface area contributed by atoms with Crippen LogP contribution < -0.4 is 0 Å². The van der Waals surface area contributed by atoms with Gasteiger partial charge in [-0.15, -0.1) is 5.10 Å². The van der Waals surface area contributed by atoms with Gasteiger partial charge < -0.3 is 14.6 Å². The summed E-state index contributed by atoms with van der Waals surface area (Å²) in [5, 5.41) is 19.8. The summed E-state index contributed by atoms with van der Waals surface area (Å²) in [4.78, 5) is 26.0. The minimum Gasteiger partial charge on any atom is -0.466 e. The number of hydrogen-bond acceptors (Lipinski definition) is 7. The second-order valence-corrected chi connectivity index (χ2v) is 11.4. The Labute approximate surface area is 227 Å². The van der Waals surface area contributed by atoms with E-state index in [1.807, 2.05) is 51.6 Å². The Hall–Kier alpha value is -3.72. The van der Waals surface area contributed by atoms with Crippen molar-refractivity contribution in [1.29, 1.82) is 0 Å². The van der Waals surface area contributed by atoms with E-state index in [1.54, 1.807) is 19.2 Å². The number of ether oxygens (including phenoxy) is 2. The molecule has 2 heterocycles. The Morgan fingerprint density at radius 1 is 1.21 bits per heavy atom. The molecule has 5 rings (SSSR count). The van der Waals surface area contributed by atoms with Gasteiger partial charge in [-0.1, -0.05) is 17.3 Å². The molecule has 39 heavy (non-hydrogen) atoms. The molecule has 1 unspecified atom stereocenters. The van der Waals surface area contributed by atoms with E-state index in [0.29, 0.717) is 17.0 Å². The molecular formula is C30H36N4O5. The summed E-state index contributed by atoms with van der Waals surface area (Å²) in [5.41, 5.74) is 6.37. The van der Waals surface area contributed by atoms with Gasteiger partial charge in [-0.25, -0.2) is 9.48 Å². The number of fused-ring (bicyclic) bond motifs is 2. The molecular weight excluding hydrogens is 496 g/mol. The maximum Gasteiger partial charge on any atom is 0.418 e.